The fraction of sp³-hybridized carbons (Fsp3) is 0.176. The van der Waals surface area contributed by atoms with E-state index in [1.165, 1.54) is 11.1 Å². The smallest absolute Gasteiger partial charge is 0.222 e. The number of nitrogens with one attached hydrogen (secondary N) is 1. The van der Waals surface area contributed by atoms with Gasteiger partial charge < -0.3 is 5.32 Å². The summed E-state index contributed by atoms with van der Waals surface area (Å²) in [5.41, 5.74) is 2.35. The van der Waals surface area contributed by atoms with Gasteiger partial charge in [0.15, 0.2) is 0 Å². The first-order chi connectivity index (χ1) is 11.2. The zero-order chi connectivity index (χ0) is 15.8. The topological polar surface area (TPSA) is 42.7 Å². The summed E-state index contributed by atoms with van der Waals surface area (Å²) in [5, 5.41) is 9.28. The maximum absolute atomic E-state index is 6.01. The Labute approximate surface area is 144 Å². The molecule has 0 unspecified atom stereocenters. The second-order valence-electron chi connectivity index (χ2n) is 5.58. The van der Waals surface area contributed by atoms with Gasteiger partial charge in [-0.05, 0) is 41.8 Å². The van der Waals surface area contributed by atoms with Gasteiger partial charge in [-0.1, -0.05) is 47.5 Å². The SMILES string of the molecule is Clc1ccc([C@H]2C[C@H](c3ccc(Cl)cc3)Nc3ncnn32)cc1. The summed E-state index contributed by atoms with van der Waals surface area (Å²) in [5.74, 6) is 0.774. The highest BCUT2D eigenvalue weighted by molar-refractivity contribution is 6.30. The van der Waals surface area contributed by atoms with Crippen molar-refractivity contribution in [2.24, 2.45) is 0 Å². The van der Waals surface area contributed by atoms with E-state index in [-0.39, 0.29) is 12.1 Å². The summed E-state index contributed by atoms with van der Waals surface area (Å²) in [7, 11) is 0. The number of benzene rings is 2. The molecule has 1 aliphatic rings. The van der Waals surface area contributed by atoms with Crippen LogP contribution in [0.5, 0.6) is 0 Å². The minimum Gasteiger partial charge on any atom is -0.348 e. The lowest BCUT2D eigenvalue weighted by Crippen LogP contribution is -2.28. The Morgan fingerprint density at radius 3 is 2.17 bits per heavy atom. The largest absolute Gasteiger partial charge is 0.348 e. The molecule has 116 valence electrons. The van der Waals surface area contributed by atoms with Crippen molar-refractivity contribution in [2.75, 3.05) is 5.32 Å². The number of nitrogens with zero attached hydrogens (tertiary/aromatic N) is 3. The van der Waals surface area contributed by atoms with Crippen molar-refractivity contribution in [3.8, 4) is 0 Å². The van der Waals surface area contributed by atoms with E-state index in [2.05, 4.69) is 15.4 Å². The maximum Gasteiger partial charge on any atom is 0.222 e. The lowest BCUT2D eigenvalue weighted by Gasteiger charge is -2.31. The number of anilines is 1. The summed E-state index contributed by atoms with van der Waals surface area (Å²) < 4.78 is 1.93. The van der Waals surface area contributed by atoms with Crippen LogP contribution in [0.15, 0.2) is 54.9 Å². The molecule has 2 atom stereocenters. The Balaban J connectivity index is 1.71. The highest BCUT2D eigenvalue weighted by Crippen LogP contribution is 2.37. The average Bonchev–Trinajstić information content (AvgIpc) is 3.04. The predicted octanol–water partition coefficient (Wildman–Crippen LogP) is 4.73. The quantitative estimate of drug-likeness (QED) is 0.730. The van der Waals surface area contributed by atoms with E-state index >= 15 is 0 Å². The van der Waals surface area contributed by atoms with Crippen molar-refractivity contribution in [1.29, 1.82) is 0 Å². The van der Waals surface area contributed by atoms with Crippen LogP contribution < -0.4 is 5.32 Å². The van der Waals surface area contributed by atoms with Crippen molar-refractivity contribution in [2.45, 2.75) is 18.5 Å². The maximum atomic E-state index is 6.01. The Morgan fingerprint density at radius 2 is 1.52 bits per heavy atom. The summed E-state index contributed by atoms with van der Waals surface area (Å²) in [6.45, 7) is 0. The van der Waals surface area contributed by atoms with E-state index in [1.807, 2.05) is 53.2 Å². The molecule has 0 amide bonds. The Kier molecular flexibility index (Phi) is 3.71. The molecule has 1 aliphatic heterocycles. The number of fused-ring (bicyclic) bond motifs is 1. The van der Waals surface area contributed by atoms with Crippen LogP contribution in [0, 0.1) is 0 Å². The average molecular weight is 345 g/mol. The van der Waals surface area contributed by atoms with Crippen molar-refractivity contribution in [1.82, 2.24) is 14.8 Å². The van der Waals surface area contributed by atoms with Gasteiger partial charge >= 0.3 is 0 Å². The van der Waals surface area contributed by atoms with Gasteiger partial charge in [0, 0.05) is 10.0 Å². The molecule has 6 heteroatoms. The second-order valence-corrected chi connectivity index (χ2v) is 6.45. The predicted molar refractivity (Wildman–Crippen MR) is 92.0 cm³/mol. The molecule has 0 radical (unpaired) electrons. The molecule has 3 aromatic rings. The number of rotatable bonds is 2. The van der Waals surface area contributed by atoms with Gasteiger partial charge in [-0.25, -0.2) is 4.68 Å². The van der Waals surface area contributed by atoms with Crippen LogP contribution in [0.1, 0.15) is 29.6 Å². The minimum atomic E-state index is 0.117. The van der Waals surface area contributed by atoms with E-state index in [9.17, 15) is 0 Å². The third-order valence-electron chi connectivity index (χ3n) is 4.16. The van der Waals surface area contributed by atoms with Crippen LogP contribution in [0.25, 0.3) is 0 Å². The molecule has 4 nitrogen and oxygen atoms in total. The number of hydrogen-bond acceptors (Lipinski definition) is 3. The van der Waals surface area contributed by atoms with E-state index in [4.69, 9.17) is 23.2 Å². The zero-order valence-corrected chi connectivity index (χ0v) is 13.7. The third kappa shape index (κ3) is 2.80. The molecule has 23 heavy (non-hydrogen) atoms. The van der Waals surface area contributed by atoms with E-state index in [1.54, 1.807) is 6.33 Å². The Morgan fingerprint density at radius 1 is 0.913 bits per heavy atom. The van der Waals surface area contributed by atoms with Gasteiger partial charge in [0.25, 0.3) is 0 Å². The Bertz CT molecular complexity index is 811. The van der Waals surface area contributed by atoms with Crippen LogP contribution in [0.2, 0.25) is 10.0 Å². The Hall–Kier alpha value is -2.04. The molecule has 0 saturated carbocycles. The summed E-state index contributed by atoms with van der Waals surface area (Å²) in [4.78, 5) is 4.33. The van der Waals surface area contributed by atoms with Crippen molar-refractivity contribution < 1.29 is 0 Å². The first-order valence-corrected chi connectivity index (χ1v) is 8.13. The van der Waals surface area contributed by atoms with E-state index in [0.717, 1.165) is 22.4 Å². The standard InChI is InChI=1S/C17H14Cl2N4/c18-13-5-1-11(2-6-13)15-9-16(12-3-7-14(19)8-4-12)23-17(22-15)20-10-21-23/h1-8,10,15-16H,9H2,(H,20,21,22)/t15-,16-/m1/s1. The lowest BCUT2D eigenvalue weighted by atomic mass is 9.93. The second kappa shape index (κ2) is 5.87. The van der Waals surface area contributed by atoms with Gasteiger partial charge in [0.2, 0.25) is 5.95 Å². The van der Waals surface area contributed by atoms with Crippen LogP contribution >= 0.6 is 23.2 Å². The molecule has 2 aromatic carbocycles. The normalized spacial score (nSPS) is 19.9. The third-order valence-corrected chi connectivity index (χ3v) is 4.66. The van der Waals surface area contributed by atoms with Crippen molar-refractivity contribution in [3.63, 3.8) is 0 Å². The summed E-state index contributed by atoms with van der Waals surface area (Å²) in [6, 6.07) is 16.1. The van der Waals surface area contributed by atoms with Crippen molar-refractivity contribution in [3.05, 3.63) is 76.0 Å². The van der Waals surface area contributed by atoms with Crippen molar-refractivity contribution >= 4 is 29.2 Å². The van der Waals surface area contributed by atoms with E-state index in [0.29, 0.717) is 0 Å². The highest BCUT2D eigenvalue weighted by atomic mass is 35.5. The first kappa shape index (κ1) is 14.5. The zero-order valence-electron chi connectivity index (χ0n) is 12.2. The molecule has 0 bridgehead atoms. The fourth-order valence-electron chi connectivity index (χ4n) is 3.00. The molecule has 4 rings (SSSR count). The molecule has 0 saturated heterocycles. The van der Waals surface area contributed by atoms with Crippen LogP contribution in [-0.2, 0) is 0 Å². The van der Waals surface area contributed by atoms with Gasteiger partial charge in [0.1, 0.15) is 6.33 Å². The minimum absolute atomic E-state index is 0.117. The highest BCUT2D eigenvalue weighted by Gasteiger charge is 2.29. The molecule has 1 N–H and O–H groups in total. The first-order valence-electron chi connectivity index (χ1n) is 7.38. The number of aromatic nitrogens is 3. The van der Waals surface area contributed by atoms with Crippen LogP contribution in [0.4, 0.5) is 5.95 Å². The van der Waals surface area contributed by atoms with Crippen LogP contribution in [-0.4, -0.2) is 14.8 Å². The molecule has 0 aliphatic carbocycles. The van der Waals surface area contributed by atoms with Crippen LogP contribution in [0.3, 0.4) is 0 Å². The monoisotopic (exact) mass is 344 g/mol. The molecular formula is C17H14Cl2N4. The van der Waals surface area contributed by atoms with Gasteiger partial charge in [-0.15, -0.1) is 0 Å². The van der Waals surface area contributed by atoms with E-state index < -0.39 is 0 Å². The molecular weight excluding hydrogens is 331 g/mol. The van der Waals surface area contributed by atoms with Gasteiger partial charge in [-0.3, -0.25) is 0 Å². The fourth-order valence-corrected chi connectivity index (χ4v) is 3.25. The molecule has 1 aromatic heterocycles. The van der Waals surface area contributed by atoms with Gasteiger partial charge in [0.05, 0.1) is 12.1 Å². The summed E-state index contributed by atoms with van der Waals surface area (Å²) in [6.07, 6.45) is 2.45. The summed E-state index contributed by atoms with van der Waals surface area (Å²) >= 11 is 12.0. The number of hydrogen-bond donors (Lipinski definition) is 1. The van der Waals surface area contributed by atoms with Gasteiger partial charge in [-0.2, -0.15) is 10.1 Å². The molecule has 0 spiro atoms. The lowest BCUT2D eigenvalue weighted by molar-refractivity contribution is 0.431. The molecule has 0 fully saturated rings. The number of halogens is 2. The molecule has 2 heterocycles.